The van der Waals surface area contributed by atoms with E-state index in [1.54, 1.807) is 12.4 Å². The molecular weight excluding hydrogens is 1180 g/mol. The van der Waals surface area contributed by atoms with Crippen molar-refractivity contribution in [2.75, 3.05) is 0 Å². The molecule has 6 heteroatoms. The maximum absolute atomic E-state index is 8.96. The smallest absolute Gasteiger partial charge is 0.213 e. The number of aromatic nitrogens is 3. The highest BCUT2D eigenvalue weighted by molar-refractivity contribution is 6.14. The first-order chi connectivity index (χ1) is 50.4. The van der Waals surface area contributed by atoms with E-state index in [0.29, 0.717) is 16.7 Å². The van der Waals surface area contributed by atoms with E-state index in [1.807, 2.05) is 127 Å². The van der Waals surface area contributed by atoms with Crippen molar-refractivity contribution in [1.82, 2.24) is 0 Å². The maximum atomic E-state index is 8.96. The minimum absolute atomic E-state index is 0.0925. The van der Waals surface area contributed by atoms with Gasteiger partial charge in [0.15, 0.2) is 18.6 Å². The molecule has 0 unspecified atom stereocenters. The monoisotopic (exact) mass is 1270 g/mol. The zero-order valence-corrected chi connectivity index (χ0v) is 55.8. The lowest BCUT2D eigenvalue weighted by Gasteiger charge is -2.21. The van der Waals surface area contributed by atoms with E-state index in [4.69, 9.17) is 24.2 Å². The van der Waals surface area contributed by atoms with Gasteiger partial charge in [-0.25, -0.2) is 13.7 Å². The van der Waals surface area contributed by atoms with Crippen molar-refractivity contribution >= 4 is 98.1 Å². The number of nitrogens with zero attached hydrogens (tertiary/aromatic N) is 3. The molecule has 6 aromatic heterocycles. The van der Waals surface area contributed by atoms with E-state index >= 15 is 0 Å². The lowest BCUT2D eigenvalue weighted by Crippen LogP contribution is -2.31. The van der Waals surface area contributed by atoms with Gasteiger partial charge in [-0.15, -0.1) is 0 Å². The number of fused-ring (bicyclic) bond motifs is 12. The number of aryl methyl sites for hydroxylation is 9. The summed E-state index contributed by atoms with van der Waals surface area (Å²) in [4.78, 5) is 0. The van der Waals surface area contributed by atoms with Gasteiger partial charge in [0.05, 0.1) is 16.7 Å². The summed E-state index contributed by atoms with van der Waals surface area (Å²) < 4.78 is 91.7. The second-order valence-electron chi connectivity index (χ2n) is 26.6. The van der Waals surface area contributed by atoms with Gasteiger partial charge in [-0.2, -0.15) is 0 Å². The molecule has 6 heterocycles. The Morgan fingerprint density at radius 2 is 0.773 bits per heavy atom. The van der Waals surface area contributed by atoms with Crippen LogP contribution in [0.5, 0.6) is 0 Å². The first-order valence-corrected chi connectivity index (χ1v) is 33.7. The van der Waals surface area contributed by atoms with Crippen LogP contribution in [-0.2, 0) is 27.5 Å². The Morgan fingerprint density at radius 3 is 1.22 bits per heavy atom. The van der Waals surface area contributed by atoms with Crippen LogP contribution in [-0.4, -0.2) is 0 Å². The molecule has 6 nitrogen and oxygen atoms in total. The molecule has 18 rings (SSSR count). The van der Waals surface area contributed by atoms with Crippen LogP contribution in [0.2, 0.25) is 0 Å². The third-order valence-corrected chi connectivity index (χ3v) is 20.2. The Morgan fingerprint density at radius 1 is 0.371 bits per heavy atom. The molecule has 0 aliphatic heterocycles. The molecule has 0 amide bonds. The molecule has 97 heavy (non-hydrogen) atoms. The third-order valence-electron chi connectivity index (χ3n) is 20.2. The molecule has 1 fully saturated rings. The standard InChI is InChI=1S/C31H26NO.C30H24NO.C30H30NO/c1-19-10-11-23-16-30-28(15-24(23)14-19)26-13-12-25(21(3)31(26)33-30)29-17-27(20(2)18-32(29)4)22-8-6-5-7-9-22;1-19-18-31(3)28(17-26(19)21-9-5-4-6-10-21)24-13-14-25-27-15-22-11-7-8-12-23(22)16-29(27)32-30(25)20(24)2;1-20-25(28-17-22(14-15-31(28)2)16-21-8-4-3-5-9-21)12-13-26-27-18-23-10-6-7-11-24(23)19-29(27)32-30(20)26/h5-18H,1-4H3;4-18H,1-3H3;6-7,10-15,17-19,21H,3-5,8-9,16H2,1-2H3/q3*+1/i2D3;1D3;16D2. The highest BCUT2D eigenvalue weighted by atomic mass is 16.3. The SMILES string of the molecule is [2H]C([2H])([2H])c1c[n+](C)c(-c2ccc3c(oc4cc5ccc(C)cc5cc43)c2C)cc1-c1ccccc1.[2H]C([2H])([2H])c1c[n+](C)c(-c2ccc3c(oc4cc5ccccc5cc43)c2C)cc1-c1ccccc1.[2H]C([2H])(c1cc[n+](C)c(-c2ccc3c(oc4cc5ccccc5cc43)c2C)c1)C1CCCCC1. The van der Waals surface area contributed by atoms with Crippen molar-refractivity contribution in [3.05, 3.63) is 282 Å². The van der Waals surface area contributed by atoms with Gasteiger partial charge >= 0.3 is 0 Å². The van der Waals surface area contributed by atoms with Crippen LogP contribution < -0.4 is 13.7 Å². The van der Waals surface area contributed by atoms with Crippen LogP contribution in [0.4, 0.5) is 0 Å². The summed E-state index contributed by atoms with van der Waals surface area (Å²) >= 11 is 0. The Bertz CT molecular complexity index is 6300. The topological polar surface area (TPSA) is 51.1 Å². The summed E-state index contributed by atoms with van der Waals surface area (Å²) in [6, 6.07) is 76.3. The van der Waals surface area contributed by atoms with E-state index in [-0.39, 0.29) is 5.92 Å². The summed E-state index contributed by atoms with van der Waals surface area (Å²) in [5.41, 5.74) is 20.3. The molecule has 1 aliphatic carbocycles. The van der Waals surface area contributed by atoms with Gasteiger partial charge in [0.1, 0.15) is 54.6 Å². The molecule has 0 bridgehead atoms. The van der Waals surface area contributed by atoms with Crippen molar-refractivity contribution in [2.45, 2.75) is 79.9 Å². The molecule has 0 atom stereocenters. The molecular formula is C91H80N3O3+3. The number of hydrogen-bond acceptors (Lipinski definition) is 3. The predicted molar refractivity (Wildman–Crippen MR) is 403 cm³/mol. The second-order valence-corrected chi connectivity index (χ2v) is 26.6. The average Bonchev–Trinajstić information content (AvgIpc) is 1.65. The number of furan rings is 3. The van der Waals surface area contributed by atoms with E-state index in [2.05, 4.69) is 166 Å². The van der Waals surface area contributed by atoms with Crippen LogP contribution in [0.15, 0.2) is 256 Å². The molecule has 0 saturated heterocycles. The Kier molecular flexibility index (Phi) is 13.5. The van der Waals surface area contributed by atoms with Crippen molar-refractivity contribution in [3.63, 3.8) is 0 Å². The molecule has 11 aromatic carbocycles. The van der Waals surface area contributed by atoms with Gasteiger partial charge in [-0.05, 0) is 187 Å². The summed E-state index contributed by atoms with van der Waals surface area (Å²) in [5, 5.41) is 13.7. The summed E-state index contributed by atoms with van der Waals surface area (Å²) in [6.07, 6.45) is 9.60. The van der Waals surface area contributed by atoms with Gasteiger partial charge in [-0.1, -0.05) is 165 Å². The van der Waals surface area contributed by atoms with Gasteiger partial charge in [-0.3, -0.25) is 0 Å². The van der Waals surface area contributed by atoms with E-state index in [9.17, 15) is 0 Å². The fourth-order valence-electron chi connectivity index (χ4n) is 14.9. The normalized spacial score (nSPS) is 14.4. The molecule has 0 N–H and O–H groups in total. The Hall–Kier alpha value is -11.0. The maximum Gasteiger partial charge on any atom is 0.213 e. The van der Waals surface area contributed by atoms with Crippen molar-refractivity contribution in [1.29, 1.82) is 0 Å². The first-order valence-electron chi connectivity index (χ1n) is 37.7. The lowest BCUT2D eigenvalue weighted by molar-refractivity contribution is -0.660. The number of pyridine rings is 3. The van der Waals surface area contributed by atoms with Crippen LogP contribution >= 0.6 is 0 Å². The molecule has 1 saturated carbocycles. The van der Waals surface area contributed by atoms with Crippen molar-refractivity contribution in [2.24, 2.45) is 27.1 Å². The van der Waals surface area contributed by atoms with Gasteiger partial charge in [0.25, 0.3) is 0 Å². The number of benzene rings is 11. The van der Waals surface area contributed by atoms with E-state index in [0.717, 1.165) is 175 Å². The van der Waals surface area contributed by atoms with Crippen molar-refractivity contribution < 1.29 is 37.9 Å². The lowest BCUT2D eigenvalue weighted by atomic mass is 9.85. The third kappa shape index (κ3) is 11.3. The minimum atomic E-state index is -2.22. The second kappa shape index (κ2) is 25.0. The van der Waals surface area contributed by atoms with Gasteiger partial charge in [0, 0.05) is 95.4 Å². The van der Waals surface area contributed by atoms with Crippen LogP contribution in [0.1, 0.15) is 82.0 Å². The molecule has 0 spiro atoms. The minimum Gasteiger partial charge on any atom is -0.456 e. The van der Waals surface area contributed by atoms with Crippen LogP contribution in [0, 0.1) is 47.3 Å². The number of rotatable bonds is 7. The van der Waals surface area contributed by atoms with Crippen LogP contribution in [0.3, 0.4) is 0 Å². The fourth-order valence-corrected chi connectivity index (χ4v) is 14.9. The quantitative estimate of drug-likeness (QED) is 0.149. The van der Waals surface area contributed by atoms with Crippen LogP contribution in [0.25, 0.3) is 154 Å². The molecule has 1 aliphatic rings. The highest BCUT2D eigenvalue weighted by Crippen LogP contribution is 2.42. The molecule has 17 aromatic rings. The first kappa shape index (κ1) is 52.3. The summed E-state index contributed by atoms with van der Waals surface area (Å²) in [7, 11) is 5.83. The van der Waals surface area contributed by atoms with E-state index < -0.39 is 20.1 Å². The van der Waals surface area contributed by atoms with Gasteiger partial charge < -0.3 is 13.3 Å². The fraction of sp³-hybridized carbons (Fsp3) is 0.176. The zero-order valence-electron chi connectivity index (χ0n) is 63.8. The highest BCUT2D eigenvalue weighted by Gasteiger charge is 2.25. The zero-order chi connectivity index (χ0) is 73.0. The van der Waals surface area contributed by atoms with Gasteiger partial charge in [0.2, 0.25) is 17.1 Å². The Balaban J connectivity index is 0.000000121. The largest absolute Gasteiger partial charge is 0.456 e. The van der Waals surface area contributed by atoms with Crippen molar-refractivity contribution in [3.8, 4) is 56.0 Å². The average molecular weight is 1270 g/mol. The predicted octanol–water partition coefficient (Wildman–Crippen LogP) is 23.0. The number of hydrogen-bond donors (Lipinski definition) is 0. The summed E-state index contributed by atoms with van der Waals surface area (Å²) in [5.74, 6) is 0.0925. The molecule has 0 radical (unpaired) electrons. The Labute approximate surface area is 578 Å². The summed E-state index contributed by atoms with van der Waals surface area (Å²) in [6.45, 7) is 3.92. The van der Waals surface area contributed by atoms with E-state index in [1.165, 1.54) is 33.5 Å². The molecule has 474 valence electrons.